The van der Waals surface area contributed by atoms with Gasteiger partial charge in [-0.3, -0.25) is 4.79 Å². The maximum atomic E-state index is 12.6. The summed E-state index contributed by atoms with van der Waals surface area (Å²) in [5.74, 6) is 1.58. The highest BCUT2D eigenvalue weighted by Crippen LogP contribution is 2.40. The fourth-order valence-corrected chi connectivity index (χ4v) is 3.71. The first kappa shape index (κ1) is 15.8. The van der Waals surface area contributed by atoms with Gasteiger partial charge in [0.2, 0.25) is 5.91 Å². The van der Waals surface area contributed by atoms with Crippen molar-refractivity contribution in [3.8, 4) is 0 Å². The minimum atomic E-state index is -0.335. The van der Waals surface area contributed by atoms with Gasteiger partial charge in [-0.25, -0.2) is 0 Å². The number of nitrogens with zero attached hydrogens (tertiary/aromatic N) is 1. The molecule has 1 aliphatic carbocycles. The Labute approximate surface area is 123 Å². The van der Waals surface area contributed by atoms with Crippen LogP contribution in [-0.4, -0.2) is 35.1 Å². The Hall–Kier alpha value is -0.570. The molecule has 3 heteroatoms. The Morgan fingerprint density at radius 1 is 1.10 bits per heavy atom. The highest BCUT2D eigenvalue weighted by molar-refractivity contribution is 5.79. The molecule has 1 saturated heterocycles. The van der Waals surface area contributed by atoms with Gasteiger partial charge in [0.05, 0.1) is 6.10 Å². The summed E-state index contributed by atoms with van der Waals surface area (Å²) in [5.41, 5.74) is 0.366. The first-order valence-corrected chi connectivity index (χ1v) is 8.26. The van der Waals surface area contributed by atoms with Gasteiger partial charge in [0, 0.05) is 19.0 Å². The molecule has 1 amide bonds. The number of aliphatic hydroxyl groups excluding tert-OH is 1. The number of carbonyl (C=O) groups is 1. The first-order valence-electron chi connectivity index (χ1n) is 8.26. The summed E-state index contributed by atoms with van der Waals surface area (Å²) >= 11 is 0. The van der Waals surface area contributed by atoms with E-state index >= 15 is 0 Å². The molecule has 20 heavy (non-hydrogen) atoms. The highest BCUT2D eigenvalue weighted by Gasteiger charge is 2.35. The van der Waals surface area contributed by atoms with E-state index in [9.17, 15) is 9.90 Å². The SMILES string of the molecule is CC1CCN(C(=O)C2CCC(C(C)(C)C)CC2)CC1O. The number of β-amino-alcohol motifs (C(OH)–C–C–N with tert-alkyl or cyclic N) is 1. The van der Waals surface area contributed by atoms with Crippen molar-refractivity contribution in [3.63, 3.8) is 0 Å². The van der Waals surface area contributed by atoms with Crippen LogP contribution in [0.5, 0.6) is 0 Å². The topological polar surface area (TPSA) is 40.5 Å². The number of hydrogen-bond acceptors (Lipinski definition) is 2. The van der Waals surface area contributed by atoms with Crippen LogP contribution in [-0.2, 0) is 4.79 Å². The summed E-state index contributed by atoms with van der Waals surface area (Å²) in [6, 6.07) is 0. The van der Waals surface area contributed by atoms with E-state index in [1.165, 1.54) is 12.8 Å². The lowest BCUT2D eigenvalue weighted by Gasteiger charge is -2.40. The van der Waals surface area contributed by atoms with Crippen molar-refractivity contribution in [2.75, 3.05) is 13.1 Å². The van der Waals surface area contributed by atoms with E-state index in [0.29, 0.717) is 23.8 Å². The van der Waals surface area contributed by atoms with Crippen LogP contribution in [0.25, 0.3) is 0 Å². The van der Waals surface area contributed by atoms with Gasteiger partial charge in [-0.1, -0.05) is 27.7 Å². The number of hydrogen-bond donors (Lipinski definition) is 1. The number of aliphatic hydroxyl groups is 1. The van der Waals surface area contributed by atoms with E-state index < -0.39 is 0 Å². The summed E-state index contributed by atoms with van der Waals surface area (Å²) in [6.45, 7) is 10.4. The van der Waals surface area contributed by atoms with Crippen molar-refractivity contribution in [2.24, 2.45) is 23.2 Å². The summed E-state index contributed by atoms with van der Waals surface area (Å²) in [6.07, 6.45) is 5.01. The summed E-state index contributed by atoms with van der Waals surface area (Å²) in [4.78, 5) is 14.5. The zero-order valence-corrected chi connectivity index (χ0v) is 13.6. The van der Waals surface area contributed by atoms with E-state index in [1.54, 1.807) is 0 Å². The Bertz CT molecular complexity index is 339. The summed E-state index contributed by atoms with van der Waals surface area (Å²) in [7, 11) is 0. The molecule has 1 aliphatic heterocycles. The average molecular weight is 281 g/mol. The van der Waals surface area contributed by atoms with E-state index in [4.69, 9.17) is 0 Å². The van der Waals surface area contributed by atoms with Gasteiger partial charge in [0.25, 0.3) is 0 Å². The van der Waals surface area contributed by atoms with Crippen molar-refractivity contribution < 1.29 is 9.90 Å². The minimum Gasteiger partial charge on any atom is -0.391 e. The second-order valence-corrected chi connectivity index (χ2v) is 8.03. The van der Waals surface area contributed by atoms with Crippen LogP contribution in [0.2, 0.25) is 0 Å². The molecule has 1 heterocycles. The molecule has 0 spiro atoms. The molecule has 2 rings (SSSR count). The van der Waals surface area contributed by atoms with Gasteiger partial charge in [-0.15, -0.1) is 0 Å². The molecule has 1 saturated carbocycles. The quantitative estimate of drug-likeness (QED) is 0.802. The van der Waals surface area contributed by atoms with E-state index in [-0.39, 0.29) is 12.0 Å². The van der Waals surface area contributed by atoms with Crippen molar-refractivity contribution in [3.05, 3.63) is 0 Å². The van der Waals surface area contributed by atoms with Crippen LogP contribution in [0, 0.1) is 23.2 Å². The molecule has 3 nitrogen and oxygen atoms in total. The third-order valence-corrected chi connectivity index (χ3v) is 5.53. The monoisotopic (exact) mass is 281 g/mol. The van der Waals surface area contributed by atoms with E-state index in [2.05, 4.69) is 27.7 Å². The number of piperidine rings is 1. The third kappa shape index (κ3) is 3.55. The van der Waals surface area contributed by atoms with Crippen molar-refractivity contribution >= 4 is 5.91 Å². The zero-order valence-electron chi connectivity index (χ0n) is 13.6. The molecule has 1 N–H and O–H groups in total. The van der Waals surface area contributed by atoms with E-state index in [0.717, 1.165) is 31.7 Å². The smallest absolute Gasteiger partial charge is 0.225 e. The Morgan fingerprint density at radius 3 is 2.20 bits per heavy atom. The van der Waals surface area contributed by atoms with Gasteiger partial charge in [0.15, 0.2) is 0 Å². The molecule has 0 radical (unpaired) electrons. The first-order chi connectivity index (χ1) is 9.29. The van der Waals surface area contributed by atoms with Gasteiger partial charge >= 0.3 is 0 Å². The third-order valence-electron chi connectivity index (χ3n) is 5.53. The summed E-state index contributed by atoms with van der Waals surface area (Å²) < 4.78 is 0. The maximum absolute atomic E-state index is 12.6. The number of carbonyl (C=O) groups excluding carboxylic acids is 1. The van der Waals surface area contributed by atoms with Crippen LogP contribution < -0.4 is 0 Å². The molecule has 2 aliphatic rings. The molecule has 0 aromatic rings. The predicted molar refractivity (Wildman–Crippen MR) is 81.3 cm³/mol. The normalized spacial score (nSPS) is 36.0. The fraction of sp³-hybridized carbons (Fsp3) is 0.941. The molecular weight excluding hydrogens is 250 g/mol. The molecule has 0 aromatic heterocycles. The van der Waals surface area contributed by atoms with Gasteiger partial charge in [0.1, 0.15) is 0 Å². The molecular formula is C17H31NO2. The van der Waals surface area contributed by atoms with Crippen LogP contribution in [0.3, 0.4) is 0 Å². The molecule has 0 bridgehead atoms. The fourth-order valence-electron chi connectivity index (χ4n) is 3.71. The molecule has 2 atom stereocenters. The standard InChI is InChI=1S/C17H31NO2/c1-12-9-10-18(11-15(12)19)16(20)13-5-7-14(8-6-13)17(2,3)4/h12-15,19H,5-11H2,1-4H3. The largest absolute Gasteiger partial charge is 0.391 e. The number of rotatable bonds is 1. The van der Waals surface area contributed by atoms with Crippen molar-refractivity contribution in [1.82, 2.24) is 4.90 Å². The second-order valence-electron chi connectivity index (χ2n) is 8.03. The van der Waals surface area contributed by atoms with Gasteiger partial charge in [-0.05, 0) is 49.4 Å². The minimum absolute atomic E-state index is 0.203. The van der Waals surface area contributed by atoms with Crippen LogP contribution in [0.15, 0.2) is 0 Å². The van der Waals surface area contributed by atoms with Crippen LogP contribution in [0.1, 0.15) is 59.8 Å². The lowest BCUT2D eigenvalue weighted by molar-refractivity contribution is -0.141. The molecule has 2 fully saturated rings. The van der Waals surface area contributed by atoms with Crippen molar-refractivity contribution in [1.29, 1.82) is 0 Å². The Balaban J connectivity index is 1.86. The average Bonchev–Trinajstić information content (AvgIpc) is 2.40. The van der Waals surface area contributed by atoms with Gasteiger partial charge < -0.3 is 10.0 Å². The maximum Gasteiger partial charge on any atom is 0.225 e. The molecule has 116 valence electrons. The Kier molecular flexibility index (Phi) is 4.78. The van der Waals surface area contributed by atoms with Crippen LogP contribution in [0.4, 0.5) is 0 Å². The van der Waals surface area contributed by atoms with Gasteiger partial charge in [-0.2, -0.15) is 0 Å². The summed E-state index contributed by atoms with van der Waals surface area (Å²) in [5, 5.41) is 9.95. The second kappa shape index (κ2) is 6.05. The number of likely N-dealkylation sites (tertiary alicyclic amines) is 1. The van der Waals surface area contributed by atoms with Crippen molar-refractivity contribution in [2.45, 2.75) is 65.9 Å². The Morgan fingerprint density at radius 2 is 1.70 bits per heavy atom. The molecule has 0 aromatic carbocycles. The predicted octanol–water partition coefficient (Wildman–Crippen LogP) is 3.07. The van der Waals surface area contributed by atoms with Crippen LogP contribution >= 0.6 is 0 Å². The zero-order chi connectivity index (χ0) is 14.9. The highest BCUT2D eigenvalue weighted by atomic mass is 16.3. The van der Waals surface area contributed by atoms with E-state index in [1.807, 2.05) is 4.90 Å². The lowest BCUT2D eigenvalue weighted by Crippen LogP contribution is -2.48. The lowest BCUT2D eigenvalue weighted by atomic mass is 9.69. The number of amides is 1. The molecule has 2 unspecified atom stereocenters.